The molecule has 3 heterocycles. The first kappa shape index (κ1) is 9.98. The first-order valence-corrected chi connectivity index (χ1v) is 5.22. The predicted molar refractivity (Wildman–Crippen MR) is 60.3 cm³/mol. The van der Waals surface area contributed by atoms with Crippen LogP contribution in [0, 0.1) is 0 Å². The molecule has 6 heteroatoms. The van der Waals surface area contributed by atoms with Crippen LogP contribution in [-0.4, -0.2) is 29.7 Å². The van der Waals surface area contributed by atoms with Gasteiger partial charge in [0.2, 0.25) is 0 Å². The second-order valence-electron chi connectivity index (χ2n) is 3.82. The Hall–Kier alpha value is -2.21. The van der Waals surface area contributed by atoms with E-state index in [-0.39, 0.29) is 0 Å². The molecule has 0 aliphatic heterocycles. The molecule has 0 aromatic carbocycles. The SMILES string of the molecule is Cn1nncc1C(O)c1cnn2ccccc12. The second-order valence-corrected chi connectivity index (χ2v) is 3.82. The molecule has 86 valence electrons. The van der Waals surface area contributed by atoms with Crippen molar-refractivity contribution in [2.75, 3.05) is 0 Å². The number of aryl methyl sites for hydroxylation is 1. The molecule has 3 aromatic heterocycles. The third-order valence-corrected chi connectivity index (χ3v) is 2.78. The molecule has 1 unspecified atom stereocenters. The zero-order valence-electron chi connectivity index (χ0n) is 9.22. The van der Waals surface area contributed by atoms with Gasteiger partial charge >= 0.3 is 0 Å². The molecule has 0 saturated carbocycles. The lowest BCUT2D eigenvalue weighted by molar-refractivity contribution is 0.211. The van der Waals surface area contributed by atoms with Crippen molar-refractivity contribution in [3.05, 3.63) is 48.0 Å². The van der Waals surface area contributed by atoms with E-state index >= 15 is 0 Å². The molecule has 1 atom stereocenters. The summed E-state index contributed by atoms with van der Waals surface area (Å²) in [4.78, 5) is 0. The lowest BCUT2D eigenvalue weighted by atomic mass is 10.1. The summed E-state index contributed by atoms with van der Waals surface area (Å²) in [5.41, 5.74) is 2.26. The number of fused-ring (bicyclic) bond motifs is 1. The Labute approximate surface area is 97.1 Å². The zero-order chi connectivity index (χ0) is 11.8. The molecule has 3 rings (SSSR count). The summed E-state index contributed by atoms with van der Waals surface area (Å²) in [6.07, 6.45) is 4.28. The first-order chi connectivity index (χ1) is 8.27. The molecule has 6 nitrogen and oxygen atoms in total. The van der Waals surface area contributed by atoms with Gasteiger partial charge in [-0.2, -0.15) is 5.10 Å². The fraction of sp³-hybridized carbons (Fsp3) is 0.182. The zero-order valence-corrected chi connectivity index (χ0v) is 9.22. The summed E-state index contributed by atoms with van der Waals surface area (Å²) < 4.78 is 3.28. The van der Waals surface area contributed by atoms with E-state index in [2.05, 4.69) is 15.4 Å². The van der Waals surface area contributed by atoms with Crippen molar-refractivity contribution in [2.45, 2.75) is 6.10 Å². The molecular weight excluding hydrogens is 218 g/mol. The number of hydrogen-bond donors (Lipinski definition) is 1. The average molecular weight is 229 g/mol. The van der Waals surface area contributed by atoms with E-state index < -0.39 is 6.10 Å². The molecule has 0 aliphatic rings. The number of hydrogen-bond acceptors (Lipinski definition) is 4. The number of aliphatic hydroxyl groups excluding tert-OH is 1. The van der Waals surface area contributed by atoms with Crippen LogP contribution >= 0.6 is 0 Å². The average Bonchev–Trinajstić information content (AvgIpc) is 2.94. The third kappa shape index (κ3) is 1.50. The van der Waals surface area contributed by atoms with Gasteiger partial charge < -0.3 is 5.11 Å². The lowest BCUT2D eigenvalue weighted by Gasteiger charge is -2.08. The molecule has 0 aliphatic carbocycles. The van der Waals surface area contributed by atoms with E-state index in [4.69, 9.17) is 0 Å². The van der Waals surface area contributed by atoms with Gasteiger partial charge in [-0.3, -0.25) is 0 Å². The van der Waals surface area contributed by atoms with Crippen LogP contribution in [0.15, 0.2) is 36.8 Å². The van der Waals surface area contributed by atoms with Crippen LogP contribution < -0.4 is 0 Å². The molecule has 17 heavy (non-hydrogen) atoms. The maximum atomic E-state index is 10.3. The van der Waals surface area contributed by atoms with Gasteiger partial charge in [0.25, 0.3) is 0 Å². The highest BCUT2D eigenvalue weighted by atomic mass is 16.3. The van der Waals surface area contributed by atoms with Crippen LogP contribution in [0.3, 0.4) is 0 Å². The smallest absolute Gasteiger partial charge is 0.126 e. The molecule has 0 saturated heterocycles. The predicted octanol–water partition coefficient (Wildman–Crippen LogP) is 0.544. The Kier molecular flexibility index (Phi) is 2.15. The van der Waals surface area contributed by atoms with E-state index in [1.807, 2.05) is 24.4 Å². The minimum absolute atomic E-state index is 0.642. The molecule has 0 spiro atoms. The quantitative estimate of drug-likeness (QED) is 0.696. The van der Waals surface area contributed by atoms with Gasteiger partial charge in [0.15, 0.2) is 0 Å². The Morgan fingerprint density at radius 3 is 2.94 bits per heavy atom. The number of rotatable bonds is 2. The molecule has 3 aromatic rings. The Bertz CT molecular complexity index is 656. The van der Waals surface area contributed by atoms with Crippen LogP contribution in [0.4, 0.5) is 0 Å². The highest BCUT2D eigenvalue weighted by molar-refractivity contribution is 5.55. The minimum atomic E-state index is -0.769. The van der Waals surface area contributed by atoms with Gasteiger partial charge in [-0.1, -0.05) is 11.3 Å². The van der Waals surface area contributed by atoms with Gasteiger partial charge in [0.1, 0.15) is 6.10 Å². The molecule has 0 amide bonds. The van der Waals surface area contributed by atoms with Crippen LogP contribution in [0.5, 0.6) is 0 Å². The largest absolute Gasteiger partial charge is 0.382 e. The van der Waals surface area contributed by atoms with Crippen molar-refractivity contribution in [2.24, 2.45) is 7.05 Å². The number of aromatic nitrogens is 5. The van der Waals surface area contributed by atoms with Crippen molar-refractivity contribution in [3.63, 3.8) is 0 Å². The third-order valence-electron chi connectivity index (χ3n) is 2.78. The number of aliphatic hydroxyl groups is 1. The first-order valence-electron chi connectivity index (χ1n) is 5.22. The van der Waals surface area contributed by atoms with Crippen molar-refractivity contribution in [1.29, 1.82) is 0 Å². The molecule has 0 radical (unpaired) electrons. The molecular formula is C11H11N5O. The fourth-order valence-corrected chi connectivity index (χ4v) is 1.87. The van der Waals surface area contributed by atoms with E-state index in [9.17, 15) is 5.11 Å². The van der Waals surface area contributed by atoms with E-state index in [1.54, 1.807) is 28.6 Å². The van der Waals surface area contributed by atoms with Gasteiger partial charge in [-0.25, -0.2) is 9.20 Å². The Morgan fingerprint density at radius 1 is 1.29 bits per heavy atom. The Morgan fingerprint density at radius 2 is 2.18 bits per heavy atom. The summed E-state index contributed by atoms with van der Waals surface area (Å²) in [6, 6.07) is 5.71. The molecule has 1 N–H and O–H groups in total. The lowest BCUT2D eigenvalue weighted by Crippen LogP contribution is -2.06. The minimum Gasteiger partial charge on any atom is -0.382 e. The van der Waals surface area contributed by atoms with Gasteiger partial charge in [0.05, 0.1) is 23.6 Å². The van der Waals surface area contributed by atoms with Crippen LogP contribution in [0.1, 0.15) is 17.4 Å². The summed E-state index contributed by atoms with van der Waals surface area (Å²) in [5, 5.41) is 22.0. The van der Waals surface area contributed by atoms with Gasteiger partial charge in [-0.15, -0.1) is 5.10 Å². The van der Waals surface area contributed by atoms with Gasteiger partial charge in [0, 0.05) is 18.8 Å². The van der Waals surface area contributed by atoms with Crippen molar-refractivity contribution >= 4 is 5.52 Å². The molecule has 0 bridgehead atoms. The summed E-state index contributed by atoms with van der Waals surface area (Å²) >= 11 is 0. The highest BCUT2D eigenvalue weighted by Crippen LogP contribution is 2.24. The van der Waals surface area contributed by atoms with Crippen LogP contribution in [-0.2, 0) is 7.05 Å². The fourth-order valence-electron chi connectivity index (χ4n) is 1.87. The Balaban J connectivity index is 2.13. The highest BCUT2D eigenvalue weighted by Gasteiger charge is 2.18. The van der Waals surface area contributed by atoms with Crippen LogP contribution in [0.2, 0.25) is 0 Å². The summed E-state index contributed by atoms with van der Waals surface area (Å²) in [6.45, 7) is 0. The maximum absolute atomic E-state index is 10.3. The van der Waals surface area contributed by atoms with E-state index in [0.29, 0.717) is 5.69 Å². The monoisotopic (exact) mass is 229 g/mol. The van der Waals surface area contributed by atoms with Crippen molar-refractivity contribution in [1.82, 2.24) is 24.6 Å². The van der Waals surface area contributed by atoms with Gasteiger partial charge in [-0.05, 0) is 12.1 Å². The number of nitrogens with zero attached hydrogens (tertiary/aromatic N) is 5. The summed E-state index contributed by atoms with van der Waals surface area (Å²) in [5.74, 6) is 0. The normalized spacial score (nSPS) is 13.1. The maximum Gasteiger partial charge on any atom is 0.126 e. The standard InChI is InChI=1S/C11H11N5O/c1-15-10(7-12-14-15)11(17)8-6-13-16-5-3-2-4-9(8)16/h2-7,11,17H,1H3. The van der Waals surface area contributed by atoms with Crippen molar-refractivity contribution in [3.8, 4) is 0 Å². The van der Waals surface area contributed by atoms with E-state index in [1.165, 1.54) is 0 Å². The van der Waals surface area contributed by atoms with Crippen molar-refractivity contribution < 1.29 is 5.11 Å². The van der Waals surface area contributed by atoms with Crippen LogP contribution in [0.25, 0.3) is 5.52 Å². The van der Waals surface area contributed by atoms with E-state index in [0.717, 1.165) is 11.1 Å². The molecule has 0 fully saturated rings. The second kappa shape index (κ2) is 3.67. The summed E-state index contributed by atoms with van der Waals surface area (Å²) in [7, 11) is 1.75. The number of pyridine rings is 1. The topological polar surface area (TPSA) is 68.2 Å².